The topological polar surface area (TPSA) is 64.3 Å². The number of primary amides is 1. The van der Waals surface area contributed by atoms with Crippen LogP contribution in [0.5, 0.6) is 11.5 Å². The molecule has 0 spiro atoms. The fraction of sp³-hybridized carbons (Fsp3) is 0.235. The highest BCUT2D eigenvalue weighted by atomic mass is 19.2. The zero-order valence-electron chi connectivity index (χ0n) is 12.9. The first-order chi connectivity index (χ1) is 10.8. The van der Waals surface area contributed by atoms with Gasteiger partial charge in [-0.25, -0.2) is 8.78 Å². The minimum Gasteiger partial charge on any atom is -0.457 e. The van der Waals surface area contributed by atoms with Crippen LogP contribution in [0.3, 0.4) is 0 Å². The highest BCUT2D eigenvalue weighted by molar-refractivity contribution is 5.83. The van der Waals surface area contributed by atoms with Crippen LogP contribution in [-0.2, 0) is 11.3 Å². The van der Waals surface area contributed by atoms with Crippen LogP contribution in [0, 0.1) is 11.6 Å². The first kappa shape index (κ1) is 16.9. The molecule has 6 heteroatoms. The summed E-state index contributed by atoms with van der Waals surface area (Å²) >= 11 is 0. The van der Waals surface area contributed by atoms with Crippen molar-refractivity contribution < 1.29 is 18.3 Å². The Kier molecular flexibility index (Phi) is 4.95. The van der Waals surface area contributed by atoms with Crippen LogP contribution in [0.1, 0.15) is 19.4 Å². The van der Waals surface area contributed by atoms with Crippen molar-refractivity contribution in [2.45, 2.75) is 25.9 Å². The van der Waals surface area contributed by atoms with Crippen molar-refractivity contribution in [1.29, 1.82) is 0 Å². The Labute approximate surface area is 133 Å². The molecule has 122 valence electrons. The van der Waals surface area contributed by atoms with E-state index in [4.69, 9.17) is 10.5 Å². The van der Waals surface area contributed by atoms with Gasteiger partial charge in [-0.3, -0.25) is 10.1 Å². The van der Waals surface area contributed by atoms with Gasteiger partial charge in [-0.2, -0.15) is 0 Å². The molecule has 4 nitrogen and oxygen atoms in total. The highest BCUT2D eigenvalue weighted by Crippen LogP contribution is 2.23. The number of ether oxygens (including phenoxy) is 1. The van der Waals surface area contributed by atoms with E-state index in [1.807, 2.05) is 0 Å². The maximum Gasteiger partial charge on any atom is 0.237 e. The number of nitrogens with two attached hydrogens (primary N) is 1. The summed E-state index contributed by atoms with van der Waals surface area (Å²) < 4.78 is 31.4. The van der Waals surface area contributed by atoms with Crippen LogP contribution in [0.4, 0.5) is 8.78 Å². The summed E-state index contributed by atoms with van der Waals surface area (Å²) in [5.74, 6) is -1.61. The Morgan fingerprint density at radius 3 is 2.26 bits per heavy atom. The number of rotatable bonds is 6. The molecule has 2 aromatic rings. The van der Waals surface area contributed by atoms with Gasteiger partial charge in [0.05, 0.1) is 5.54 Å². The molecule has 0 bridgehead atoms. The van der Waals surface area contributed by atoms with Crippen LogP contribution in [0.15, 0.2) is 42.5 Å². The first-order valence-corrected chi connectivity index (χ1v) is 7.05. The molecule has 2 aromatic carbocycles. The largest absolute Gasteiger partial charge is 0.457 e. The molecule has 0 heterocycles. The number of halogens is 2. The summed E-state index contributed by atoms with van der Waals surface area (Å²) in [6, 6.07) is 10.4. The van der Waals surface area contributed by atoms with Gasteiger partial charge in [-0.1, -0.05) is 12.1 Å². The Bertz CT molecular complexity index is 700. The number of carbonyl (C=O) groups is 1. The van der Waals surface area contributed by atoms with E-state index in [2.05, 4.69) is 5.32 Å². The smallest absolute Gasteiger partial charge is 0.237 e. The molecule has 0 atom stereocenters. The van der Waals surface area contributed by atoms with Gasteiger partial charge in [0.25, 0.3) is 0 Å². The molecule has 1 amide bonds. The molecule has 0 aliphatic rings. The molecule has 0 aromatic heterocycles. The van der Waals surface area contributed by atoms with Gasteiger partial charge in [0, 0.05) is 12.6 Å². The van der Waals surface area contributed by atoms with Crippen molar-refractivity contribution in [3.63, 3.8) is 0 Å². The maximum absolute atomic E-state index is 13.1. The molecular formula is C17H18F2N2O2. The fourth-order valence-electron chi connectivity index (χ4n) is 1.76. The molecule has 0 unspecified atom stereocenters. The third-order valence-electron chi connectivity index (χ3n) is 3.40. The molecule has 0 fully saturated rings. The Morgan fingerprint density at radius 1 is 1.09 bits per heavy atom. The number of hydrogen-bond acceptors (Lipinski definition) is 3. The number of carbonyl (C=O) groups excluding carboxylic acids is 1. The monoisotopic (exact) mass is 320 g/mol. The molecule has 23 heavy (non-hydrogen) atoms. The average Bonchev–Trinajstić information content (AvgIpc) is 2.50. The zero-order valence-corrected chi connectivity index (χ0v) is 12.9. The molecule has 0 aliphatic heterocycles. The summed E-state index contributed by atoms with van der Waals surface area (Å²) in [7, 11) is 0. The normalized spacial score (nSPS) is 11.3. The molecular weight excluding hydrogens is 302 g/mol. The van der Waals surface area contributed by atoms with E-state index in [-0.39, 0.29) is 5.75 Å². The van der Waals surface area contributed by atoms with Crippen molar-refractivity contribution in [2.75, 3.05) is 0 Å². The van der Waals surface area contributed by atoms with Crippen molar-refractivity contribution in [3.05, 3.63) is 59.7 Å². The van der Waals surface area contributed by atoms with Crippen LogP contribution >= 0.6 is 0 Å². The van der Waals surface area contributed by atoms with E-state index in [0.29, 0.717) is 12.3 Å². The number of nitrogens with one attached hydrogen (secondary N) is 1. The average molecular weight is 320 g/mol. The van der Waals surface area contributed by atoms with E-state index in [0.717, 1.165) is 17.7 Å². The van der Waals surface area contributed by atoms with Crippen molar-refractivity contribution >= 4 is 5.91 Å². The van der Waals surface area contributed by atoms with E-state index in [9.17, 15) is 13.6 Å². The van der Waals surface area contributed by atoms with E-state index >= 15 is 0 Å². The summed E-state index contributed by atoms with van der Waals surface area (Å²) in [5.41, 5.74) is 5.41. The second-order valence-electron chi connectivity index (χ2n) is 5.66. The van der Waals surface area contributed by atoms with Gasteiger partial charge >= 0.3 is 0 Å². The number of benzene rings is 2. The number of amides is 1. The lowest BCUT2D eigenvalue weighted by atomic mass is 10.0. The SMILES string of the molecule is CC(C)(NCc1ccc(Oc2ccc(F)c(F)c2)cc1)C(N)=O. The van der Waals surface area contributed by atoms with Gasteiger partial charge in [-0.05, 0) is 43.7 Å². The highest BCUT2D eigenvalue weighted by Gasteiger charge is 2.23. The van der Waals surface area contributed by atoms with Crippen molar-refractivity contribution in [3.8, 4) is 11.5 Å². The van der Waals surface area contributed by atoms with Crippen LogP contribution in [0.2, 0.25) is 0 Å². The van der Waals surface area contributed by atoms with Gasteiger partial charge in [0.15, 0.2) is 11.6 Å². The standard InChI is InChI=1S/C17H18F2N2O2/c1-17(2,16(20)22)21-10-11-3-5-12(6-4-11)23-13-7-8-14(18)15(19)9-13/h3-9,21H,10H2,1-2H3,(H2,20,22). The zero-order chi connectivity index (χ0) is 17.0. The third kappa shape index (κ3) is 4.50. The summed E-state index contributed by atoms with van der Waals surface area (Å²) in [5, 5.41) is 3.05. The lowest BCUT2D eigenvalue weighted by Gasteiger charge is -2.22. The van der Waals surface area contributed by atoms with Crippen molar-refractivity contribution in [2.24, 2.45) is 5.73 Å². The predicted molar refractivity (Wildman–Crippen MR) is 83.0 cm³/mol. The fourth-order valence-corrected chi connectivity index (χ4v) is 1.76. The second kappa shape index (κ2) is 6.75. The molecule has 3 N–H and O–H groups in total. The quantitative estimate of drug-likeness (QED) is 0.859. The molecule has 2 rings (SSSR count). The minimum atomic E-state index is -0.961. The van der Waals surface area contributed by atoms with Crippen molar-refractivity contribution in [1.82, 2.24) is 5.32 Å². The van der Waals surface area contributed by atoms with Crippen LogP contribution < -0.4 is 15.8 Å². The lowest BCUT2D eigenvalue weighted by molar-refractivity contribution is -0.123. The van der Waals surface area contributed by atoms with E-state index in [1.54, 1.807) is 38.1 Å². The Morgan fingerprint density at radius 2 is 1.70 bits per heavy atom. The van der Waals surface area contributed by atoms with E-state index < -0.39 is 23.1 Å². The van der Waals surface area contributed by atoms with E-state index in [1.165, 1.54) is 6.07 Å². The Hall–Kier alpha value is -2.47. The molecule has 0 aliphatic carbocycles. The minimum absolute atomic E-state index is 0.213. The van der Waals surface area contributed by atoms with Crippen LogP contribution in [0.25, 0.3) is 0 Å². The van der Waals surface area contributed by atoms with Gasteiger partial charge in [0.1, 0.15) is 11.5 Å². The summed E-state index contributed by atoms with van der Waals surface area (Å²) in [4.78, 5) is 11.2. The molecule has 0 saturated heterocycles. The van der Waals surface area contributed by atoms with Gasteiger partial charge < -0.3 is 10.5 Å². The summed E-state index contributed by atoms with van der Waals surface area (Å²) in [6.07, 6.45) is 0. The maximum atomic E-state index is 13.1. The lowest BCUT2D eigenvalue weighted by Crippen LogP contribution is -2.50. The Balaban J connectivity index is 1.99. The third-order valence-corrected chi connectivity index (χ3v) is 3.40. The first-order valence-electron chi connectivity index (χ1n) is 7.05. The van der Waals surface area contributed by atoms with Gasteiger partial charge in [0.2, 0.25) is 5.91 Å². The summed E-state index contributed by atoms with van der Waals surface area (Å²) in [6.45, 7) is 3.87. The second-order valence-corrected chi connectivity index (χ2v) is 5.66. The van der Waals surface area contributed by atoms with Crippen LogP contribution in [-0.4, -0.2) is 11.4 Å². The number of hydrogen-bond donors (Lipinski definition) is 2. The molecule has 0 radical (unpaired) electrons. The molecule has 0 saturated carbocycles. The predicted octanol–water partition coefficient (Wildman–Crippen LogP) is 3.11. The van der Waals surface area contributed by atoms with Gasteiger partial charge in [-0.15, -0.1) is 0 Å².